The Labute approximate surface area is 163 Å². The monoisotopic (exact) mass is 383 g/mol. The highest BCUT2D eigenvalue weighted by atomic mass is 16.5. The van der Waals surface area contributed by atoms with E-state index in [0.717, 1.165) is 12.8 Å². The van der Waals surface area contributed by atoms with E-state index in [1.165, 1.54) is 19.3 Å². The van der Waals surface area contributed by atoms with Gasteiger partial charge >= 0.3 is 11.9 Å². The third-order valence-corrected chi connectivity index (χ3v) is 4.95. The van der Waals surface area contributed by atoms with Crippen LogP contribution < -0.4 is 5.32 Å². The van der Waals surface area contributed by atoms with Crippen molar-refractivity contribution in [3.63, 3.8) is 0 Å². The quantitative estimate of drug-likeness (QED) is 0.375. The second-order valence-electron chi connectivity index (χ2n) is 7.06. The van der Waals surface area contributed by atoms with Crippen molar-refractivity contribution >= 4 is 11.9 Å². The maximum atomic E-state index is 12.1. The molecule has 2 N–H and O–H groups in total. The first kappa shape index (κ1) is 23.6. The van der Waals surface area contributed by atoms with E-state index in [1.807, 2.05) is 12.2 Å². The van der Waals surface area contributed by atoms with Crippen molar-refractivity contribution in [2.24, 2.45) is 5.92 Å². The molecule has 0 spiro atoms. The molecule has 2 unspecified atom stereocenters. The van der Waals surface area contributed by atoms with Crippen molar-refractivity contribution < 1.29 is 24.2 Å². The van der Waals surface area contributed by atoms with Crippen LogP contribution in [0.4, 0.5) is 0 Å². The minimum Gasteiger partial charge on any atom is -0.466 e. The smallest absolute Gasteiger partial charge is 0.323 e. The normalized spacial score (nSPS) is 17.6. The zero-order chi connectivity index (χ0) is 19.9. The molecule has 1 fully saturated rings. The van der Waals surface area contributed by atoms with Crippen LogP contribution in [0.25, 0.3) is 0 Å². The van der Waals surface area contributed by atoms with Gasteiger partial charge in [0.1, 0.15) is 6.04 Å². The fourth-order valence-corrected chi connectivity index (χ4v) is 3.45. The maximum Gasteiger partial charge on any atom is 0.323 e. The number of esters is 2. The molecule has 1 aliphatic rings. The highest BCUT2D eigenvalue weighted by Gasteiger charge is 2.23. The molecule has 0 aliphatic heterocycles. The number of carbonyl (C=O) groups is 2. The number of aliphatic hydroxyl groups excluding tert-OH is 1. The van der Waals surface area contributed by atoms with Crippen LogP contribution in [-0.2, 0) is 19.1 Å². The number of hydrogen-bond donors (Lipinski definition) is 2. The third-order valence-electron chi connectivity index (χ3n) is 4.95. The van der Waals surface area contributed by atoms with E-state index in [9.17, 15) is 14.7 Å². The molecule has 0 aromatic carbocycles. The van der Waals surface area contributed by atoms with Crippen LogP contribution in [-0.4, -0.2) is 48.9 Å². The lowest BCUT2D eigenvalue weighted by molar-refractivity contribution is -0.145. The Morgan fingerprint density at radius 3 is 2.48 bits per heavy atom. The van der Waals surface area contributed by atoms with Gasteiger partial charge in [-0.3, -0.25) is 9.59 Å². The van der Waals surface area contributed by atoms with Crippen LogP contribution in [0.1, 0.15) is 71.6 Å². The molecule has 27 heavy (non-hydrogen) atoms. The third kappa shape index (κ3) is 10.5. The van der Waals surface area contributed by atoms with Gasteiger partial charge in [-0.05, 0) is 58.4 Å². The second-order valence-corrected chi connectivity index (χ2v) is 7.06. The Kier molecular flexibility index (Phi) is 12.8. The maximum absolute atomic E-state index is 12.1. The molecule has 156 valence electrons. The molecule has 1 aliphatic carbocycles. The van der Waals surface area contributed by atoms with Crippen LogP contribution in [0.15, 0.2) is 12.2 Å². The lowest BCUT2D eigenvalue weighted by atomic mass is 9.84. The molecule has 6 nitrogen and oxygen atoms in total. The fourth-order valence-electron chi connectivity index (χ4n) is 3.45. The summed E-state index contributed by atoms with van der Waals surface area (Å²) in [6.45, 7) is 4.89. The largest absolute Gasteiger partial charge is 0.466 e. The van der Waals surface area contributed by atoms with Gasteiger partial charge in [0.2, 0.25) is 0 Å². The van der Waals surface area contributed by atoms with Gasteiger partial charge in [0.05, 0.1) is 19.3 Å². The SMILES string of the molecule is CCOC(=O)CC/C=C/CC(NCCC(O)C1CCCCC1)C(=O)OCC. The number of carbonyl (C=O) groups excluding carboxylic acids is 2. The topological polar surface area (TPSA) is 84.9 Å². The number of nitrogens with one attached hydrogen (secondary N) is 1. The summed E-state index contributed by atoms with van der Waals surface area (Å²) in [6.07, 6.45) is 11.5. The summed E-state index contributed by atoms with van der Waals surface area (Å²) in [7, 11) is 0. The summed E-state index contributed by atoms with van der Waals surface area (Å²) in [5.74, 6) is -0.0945. The summed E-state index contributed by atoms with van der Waals surface area (Å²) in [5.41, 5.74) is 0. The highest BCUT2D eigenvalue weighted by molar-refractivity contribution is 5.76. The summed E-state index contributed by atoms with van der Waals surface area (Å²) in [4.78, 5) is 23.4. The van der Waals surface area contributed by atoms with E-state index >= 15 is 0 Å². The van der Waals surface area contributed by atoms with E-state index in [0.29, 0.717) is 51.4 Å². The summed E-state index contributed by atoms with van der Waals surface area (Å²) in [6, 6.07) is -0.428. The van der Waals surface area contributed by atoms with Crippen LogP contribution >= 0.6 is 0 Å². The summed E-state index contributed by atoms with van der Waals surface area (Å²) >= 11 is 0. The zero-order valence-corrected chi connectivity index (χ0v) is 17.0. The summed E-state index contributed by atoms with van der Waals surface area (Å²) < 4.78 is 10.0. The van der Waals surface area contributed by atoms with Gasteiger partial charge in [-0.1, -0.05) is 31.4 Å². The van der Waals surface area contributed by atoms with Gasteiger partial charge in [0.15, 0.2) is 0 Å². The van der Waals surface area contributed by atoms with Gasteiger partial charge in [0.25, 0.3) is 0 Å². The van der Waals surface area contributed by atoms with Crippen LogP contribution in [0.2, 0.25) is 0 Å². The second kappa shape index (κ2) is 14.6. The Morgan fingerprint density at radius 2 is 1.81 bits per heavy atom. The Bertz CT molecular complexity index is 446. The van der Waals surface area contributed by atoms with Crippen LogP contribution in [0, 0.1) is 5.92 Å². The van der Waals surface area contributed by atoms with E-state index in [4.69, 9.17) is 9.47 Å². The first-order valence-corrected chi connectivity index (χ1v) is 10.5. The van der Waals surface area contributed by atoms with Crippen molar-refractivity contribution in [2.75, 3.05) is 19.8 Å². The molecule has 0 aromatic heterocycles. The minimum atomic E-state index is -0.428. The van der Waals surface area contributed by atoms with Gasteiger partial charge < -0.3 is 19.9 Å². The molecule has 1 saturated carbocycles. The number of hydrogen-bond acceptors (Lipinski definition) is 6. The Morgan fingerprint density at radius 1 is 1.11 bits per heavy atom. The van der Waals surface area contributed by atoms with E-state index in [2.05, 4.69) is 5.32 Å². The van der Waals surface area contributed by atoms with Gasteiger partial charge in [-0.15, -0.1) is 0 Å². The first-order chi connectivity index (χ1) is 13.1. The fraction of sp³-hybridized carbons (Fsp3) is 0.810. The van der Waals surface area contributed by atoms with Crippen molar-refractivity contribution in [1.29, 1.82) is 0 Å². The molecule has 1 rings (SSSR count). The van der Waals surface area contributed by atoms with Crippen molar-refractivity contribution in [3.8, 4) is 0 Å². The molecule has 2 atom stereocenters. The standard InChI is InChI=1S/C21H37NO5/c1-3-26-20(24)14-10-6-9-13-18(21(25)27-4-2)22-16-15-19(23)17-11-7-5-8-12-17/h6,9,17-19,22-23H,3-5,7-8,10-16H2,1-2H3/b9-6+. The van der Waals surface area contributed by atoms with Crippen molar-refractivity contribution in [1.82, 2.24) is 5.32 Å². The first-order valence-electron chi connectivity index (χ1n) is 10.5. The Balaban J connectivity index is 2.35. The predicted octanol–water partition coefficient (Wildman–Crippen LogP) is 3.13. The van der Waals surface area contributed by atoms with Crippen molar-refractivity contribution in [3.05, 3.63) is 12.2 Å². The summed E-state index contributed by atoms with van der Waals surface area (Å²) in [5, 5.41) is 13.6. The average molecular weight is 384 g/mol. The molecular weight excluding hydrogens is 346 g/mol. The van der Waals surface area contributed by atoms with E-state index < -0.39 is 6.04 Å². The highest BCUT2D eigenvalue weighted by Crippen LogP contribution is 2.27. The molecular formula is C21H37NO5. The molecule has 0 aromatic rings. The molecule has 6 heteroatoms. The van der Waals surface area contributed by atoms with E-state index in [1.54, 1.807) is 13.8 Å². The number of ether oxygens (including phenoxy) is 2. The minimum absolute atomic E-state index is 0.209. The lowest BCUT2D eigenvalue weighted by Gasteiger charge is -2.27. The lowest BCUT2D eigenvalue weighted by Crippen LogP contribution is -2.39. The van der Waals surface area contributed by atoms with Gasteiger partial charge in [-0.25, -0.2) is 0 Å². The Hall–Kier alpha value is -1.40. The molecule has 0 bridgehead atoms. The van der Waals surface area contributed by atoms with Gasteiger partial charge in [-0.2, -0.15) is 0 Å². The zero-order valence-electron chi connectivity index (χ0n) is 17.0. The predicted molar refractivity (Wildman–Crippen MR) is 105 cm³/mol. The number of rotatable bonds is 13. The molecule has 0 saturated heterocycles. The van der Waals surface area contributed by atoms with E-state index in [-0.39, 0.29) is 18.0 Å². The average Bonchev–Trinajstić information content (AvgIpc) is 2.67. The van der Waals surface area contributed by atoms with Gasteiger partial charge in [0, 0.05) is 6.42 Å². The number of allylic oxidation sites excluding steroid dienone is 1. The van der Waals surface area contributed by atoms with Crippen molar-refractivity contribution in [2.45, 2.75) is 83.8 Å². The molecule has 0 heterocycles. The van der Waals surface area contributed by atoms with Crippen LogP contribution in [0.5, 0.6) is 0 Å². The molecule has 0 amide bonds. The van der Waals surface area contributed by atoms with Crippen LogP contribution in [0.3, 0.4) is 0 Å². The molecule has 0 radical (unpaired) electrons. The number of aliphatic hydroxyl groups is 1.